The first kappa shape index (κ1) is 14.3. The van der Waals surface area contributed by atoms with Crippen LogP contribution in [-0.2, 0) is 13.2 Å². The molecule has 0 radical (unpaired) electrons. The molecule has 2 nitrogen and oxygen atoms in total. The normalized spacial score (nSPS) is 15.9. The molecule has 0 saturated heterocycles. The van der Waals surface area contributed by atoms with Gasteiger partial charge in [0.15, 0.2) is 0 Å². The molecule has 0 aliphatic heterocycles. The van der Waals surface area contributed by atoms with E-state index in [0.717, 1.165) is 18.0 Å². The van der Waals surface area contributed by atoms with E-state index in [1.165, 1.54) is 29.5 Å². The molecular weight excluding hydrogens is 258 g/mol. The predicted octanol–water partition coefficient (Wildman–Crippen LogP) is 3.73. The van der Waals surface area contributed by atoms with Crippen molar-refractivity contribution in [1.29, 1.82) is 0 Å². The summed E-state index contributed by atoms with van der Waals surface area (Å²) in [6.07, 6.45) is 2.64. The molecule has 0 heterocycles. The first-order valence-corrected chi connectivity index (χ1v) is 7.75. The highest BCUT2D eigenvalue weighted by atomic mass is 16.3. The lowest BCUT2D eigenvalue weighted by molar-refractivity contribution is 0.281. The fraction of sp³-hybridized carbons (Fsp3) is 0.368. The SMILES string of the molecule is Cc1ccc(C(NCc2cccc(CO)c2)C2CC2)cc1. The zero-order valence-corrected chi connectivity index (χ0v) is 12.5. The van der Waals surface area contributed by atoms with Crippen molar-refractivity contribution >= 4 is 0 Å². The van der Waals surface area contributed by atoms with Gasteiger partial charge in [-0.25, -0.2) is 0 Å². The van der Waals surface area contributed by atoms with Gasteiger partial charge < -0.3 is 10.4 Å². The van der Waals surface area contributed by atoms with Crippen LogP contribution in [0, 0.1) is 12.8 Å². The first-order valence-electron chi connectivity index (χ1n) is 7.75. The highest BCUT2D eigenvalue weighted by Crippen LogP contribution is 2.41. The molecule has 110 valence electrons. The Morgan fingerprint density at radius 2 is 1.81 bits per heavy atom. The molecule has 2 aromatic carbocycles. The second kappa shape index (κ2) is 6.42. The van der Waals surface area contributed by atoms with Gasteiger partial charge >= 0.3 is 0 Å². The Morgan fingerprint density at radius 1 is 1.10 bits per heavy atom. The number of benzene rings is 2. The van der Waals surface area contributed by atoms with Crippen LogP contribution in [0.5, 0.6) is 0 Å². The van der Waals surface area contributed by atoms with Crippen molar-refractivity contribution in [2.24, 2.45) is 5.92 Å². The maximum absolute atomic E-state index is 9.22. The molecule has 1 fully saturated rings. The Kier molecular flexibility index (Phi) is 4.37. The van der Waals surface area contributed by atoms with E-state index in [1.54, 1.807) is 0 Å². The Bertz CT molecular complexity index is 587. The third-order valence-corrected chi connectivity index (χ3v) is 4.23. The minimum Gasteiger partial charge on any atom is -0.392 e. The van der Waals surface area contributed by atoms with Crippen LogP contribution >= 0.6 is 0 Å². The molecule has 1 atom stereocenters. The summed E-state index contributed by atoms with van der Waals surface area (Å²) in [6.45, 7) is 3.09. The largest absolute Gasteiger partial charge is 0.392 e. The van der Waals surface area contributed by atoms with Crippen LogP contribution in [0.4, 0.5) is 0 Å². The molecule has 0 aromatic heterocycles. The van der Waals surface area contributed by atoms with Gasteiger partial charge in [-0.2, -0.15) is 0 Å². The standard InChI is InChI=1S/C19H23NO/c1-14-5-7-17(8-6-14)19(18-9-10-18)20-12-15-3-2-4-16(11-15)13-21/h2-8,11,18-21H,9-10,12-13H2,1H3. The Hall–Kier alpha value is -1.64. The lowest BCUT2D eigenvalue weighted by Crippen LogP contribution is -2.22. The molecule has 2 aromatic rings. The van der Waals surface area contributed by atoms with E-state index >= 15 is 0 Å². The van der Waals surface area contributed by atoms with E-state index in [-0.39, 0.29) is 6.61 Å². The van der Waals surface area contributed by atoms with Crippen molar-refractivity contribution in [2.75, 3.05) is 0 Å². The maximum atomic E-state index is 9.22. The van der Waals surface area contributed by atoms with E-state index in [9.17, 15) is 5.11 Å². The summed E-state index contributed by atoms with van der Waals surface area (Å²) in [4.78, 5) is 0. The molecule has 21 heavy (non-hydrogen) atoms. The lowest BCUT2D eigenvalue weighted by atomic mass is 10.0. The molecule has 1 aliphatic carbocycles. The quantitative estimate of drug-likeness (QED) is 0.845. The van der Waals surface area contributed by atoms with Gasteiger partial charge in [0.05, 0.1) is 6.61 Å². The summed E-state index contributed by atoms with van der Waals surface area (Å²) in [7, 11) is 0. The van der Waals surface area contributed by atoms with E-state index < -0.39 is 0 Å². The summed E-state index contributed by atoms with van der Waals surface area (Å²) < 4.78 is 0. The van der Waals surface area contributed by atoms with Crippen molar-refractivity contribution in [3.63, 3.8) is 0 Å². The van der Waals surface area contributed by atoms with Gasteiger partial charge in [-0.15, -0.1) is 0 Å². The van der Waals surface area contributed by atoms with Crippen molar-refractivity contribution in [3.8, 4) is 0 Å². The summed E-state index contributed by atoms with van der Waals surface area (Å²) in [5, 5.41) is 12.9. The molecule has 0 bridgehead atoms. The summed E-state index contributed by atoms with van der Waals surface area (Å²) in [5.41, 5.74) is 4.91. The van der Waals surface area contributed by atoms with Gasteiger partial charge in [-0.3, -0.25) is 0 Å². The predicted molar refractivity (Wildman–Crippen MR) is 85.8 cm³/mol. The number of hydrogen-bond donors (Lipinski definition) is 2. The third-order valence-electron chi connectivity index (χ3n) is 4.23. The minimum absolute atomic E-state index is 0.109. The smallest absolute Gasteiger partial charge is 0.0681 e. The number of nitrogens with one attached hydrogen (secondary N) is 1. The number of aryl methyl sites for hydroxylation is 1. The van der Waals surface area contributed by atoms with Gasteiger partial charge in [-0.05, 0) is 42.4 Å². The van der Waals surface area contributed by atoms with Crippen LogP contribution in [0.3, 0.4) is 0 Å². The second-order valence-electron chi connectivity index (χ2n) is 6.08. The Morgan fingerprint density at radius 3 is 2.48 bits per heavy atom. The summed E-state index contributed by atoms with van der Waals surface area (Å²) in [5.74, 6) is 0.772. The zero-order chi connectivity index (χ0) is 14.7. The van der Waals surface area contributed by atoms with Gasteiger partial charge in [0.2, 0.25) is 0 Å². The number of aliphatic hydroxyl groups is 1. The molecule has 2 N–H and O–H groups in total. The monoisotopic (exact) mass is 281 g/mol. The van der Waals surface area contributed by atoms with E-state index in [4.69, 9.17) is 0 Å². The van der Waals surface area contributed by atoms with Crippen LogP contribution in [0.25, 0.3) is 0 Å². The molecule has 2 heteroatoms. The molecule has 3 rings (SSSR count). The Labute approximate surface area is 126 Å². The average Bonchev–Trinajstić information content (AvgIpc) is 3.34. The Balaban J connectivity index is 1.69. The molecular formula is C19H23NO. The number of rotatable bonds is 6. The van der Waals surface area contributed by atoms with E-state index in [2.05, 4.69) is 48.6 Å². The van der Waals surface area contributed by atoms with Crippen molar-refractivity contribution in [2.45, 2.75) is 39.0 Å². The molecule has 1 aliphatic rings. The molecule has 1 saturated carbocycles. The van der Waals surface area contributed by atoms with E-state index in [0.29, 0.717) is 6.04 Å². The molecule has 0 spiro atoms. The highest BCUT2D eigenvalue weighted by Gasteiger charge is 2.31. The first-order chi connectivity index (χ1) is 10.3. The van der Waals surface area contributed by atoms with Crippen molar-refractivity contribution in [1.82, 2.24) is 5.32 Å². The van der Waals surface area contributed by atoms with Gasteiger partial charge in [0, 0.05) is 12.6 Å². The van der Waals surface area contributed by atoms with Gasteiger partial charge in [0.1, 0.15) is 0 Å². The summed E-state index contributed by atoms with van der Waals surface area (Å²) in [6, 6.07) is 17.5. The maximum Gasteiger partial charge on any atom is 0.0681 e. The molecule has 1 unspecified atom stereocenters. The fourth-order valence-corrected chi connectivity index (χ4v) is 2.83. The van der Waals surface area contributed by atoms with Crippen LogP contribution in [0.2, 0.25) is 0 Å². The number of hydrogen-bond acceptors (Lipinski definition) is 2. The zero-order valence-electron chi connectivity index (χ0n) is 12.5. The van der Waals surface area contributed by atoms with Crippen molar-refractivity contribution < 1.29 is 5.11 Å². The van der Waals surface area contributed by atoms with Gasteiger partial charge in [-0.1, -0.05) is 54.1 Å². The third kappa shape index (κ3) is 3.72. The second-order valence-corrected chi connectivity index (χ2v) is 6.08. The van der Waals surface area contributed by atoms with Crippen LogP contribution in [0.1, 0.15) is 41.1 Å². The van der Waals surface area contributed by atoms with Crippen LogP contribution in [-0.4, -0.2) is 5.11 Å². The van der Waals surface area contributed by atoms with Crippen LogP contribution in [0.15, 0.2) is 48.5 Å². The van der Waals surface area contributed by atoms with Crippen LogP contribution < -0.4 is 5.32 Å². The topological polar surface area (TPSA) is 32.3 Å². The highest BCUT2D eigenvalue weighted by molar-refractivity contribution is 5.27. The van der Waals surface area contributed by atoms with Crippen molar-refractivity contribution in [3.05, 3.63) is 70.8 Å². The minimum atomic E-state index is 0.109. The summed E-state index contributed by atoms with van der Waals surface area (Å²) >= 11 is 0. The fourth-order valence-electron chi connectivity index (χ4n) is 2.83. The van der Waals surface area contributed by atoms with Gasteiger partial charge in [0.25, 0.3) is 0 Å². The average molecular weight is 281 g/mol. The molecule has 0 amide bonds. The lowest BCUT2D eigenvalue weighted by Gasteiger charge is -2.19. The number of aliphatic hydroxyl groups excluding tert-OH is 1. The van der Waals surface area contributed by atoms with E-state index in [1.807, 2.05) is 12.1 Å².